The van der Waals surface area contributed by atoms with E-state index in [2.05, 4.69) is 0 Å². The first-order valence-corrected chi connectivity index (χ1v) is 12.8. The number of benzene rings is 4. The van der Waals surface area contributed by atoms with Crippen molar-refractivity contribution in [3.05, 3.63) is 137 Å². The number of hydrogen-bond donors (Lipinski definition) is 0. The summed E-state index contributed by atoms with van der Waals surface area (Å²) in [6.07, 6.45) is -0.959. The molecule has 0 N–H and O–H groups in total. The van der Waals surface area contributed by atoms with Gasteiger partial charge in [-0.2, -0.15) is 0 Å². The lowest BCUT2D eigenvalue weighted by Gasteiger charge is -2.33. The highest BCUT2D eigenvalue weighted by Gasteiger charge is 2.27. The molecule has 4 aromatic carbocycles. The summed E-state index contributed by atoms with van der Waals surface area (Å²) >= 11 is 0. The number of nitrogens with zero attached hydrogens (tertiary/aromatic N) is 1. The normalized spacial score (nSPS) is 18.9. The van der Waals surface area contributed by atoms with Crippen LogP contribution in [0.2, 0.25) is 0 Å². The van der Waals surface area contributed by atoms with Crippen LogP contribution in [0.15, 0.2) is 109 Å². The van der Waals surface area contributed by atoms with E-state index in [1.807, 2.05) is 60.7 Å². The lowest BCUT2D eigenvalue weighted by molar-refractivity contribution is -0.135. The number of hydrogen-bond acceptors (Lipinski definition) is 3. The molecule has 40 heavy (non-hydrogen) atoms. The average Bonchev–Trinajstić information content (AvgIpc) is 3.09. The predicted molar refractivity (Wildman–Crippen MR) is 162 cm³/mol. The summed E-state index contributed by atoms with van der Waals surface area (Å²) in [6, 6.07) is 23.4. The van der Waals surface area contributed by atoms with E-state index in [1.54, 1.807) is 48.5 Å². The van der Waals surface area contributed by atoms with E-state index in [9.17, 15) is 4.79 Å². The van der Waals surface area contributed by atoms with Crippen LogP contribution in [0.25, 0.3) is 0 Å². The molecule has 0 unspecified atom stereocenters. The van der Waals surface area contributed by atoms with Gasteiger partial charge in [0.2, 0.25) is 5.91 Å². The minimum absolute atomic E-state index is 0.0706. The second-order valence-corrected chi connectivity index (χ2v) is 9.22. The van der Waals surface area contributed by atoms with Crippen molar-refractivity contribution in [2.45, 2.75) is 71.6 Å². The van der Waals surface area contributed by atoms with Crippen LogP contribution in [0.3, 0.4) is 0 Å². The van der Waals surface area contributed by atoms with Crippen molar-refractivity contribution in [1.82, 2.24) is 4.90 Å². The fourth-order valence-electron chi connectivity index (χ4n) is 4.41. The van der Waals surface area contributed by atoms with Crippen molar-refractivity contribution in [3.63, 3.8) is 0 Å². The van der Waals surface area contributed by atoms with Crippen molar-refractivity contribution >= 4 is 5.91 Å². The second kappa shape index (κ2) is 14.5. The molecule has 0 bridgehead atoms. The minimum atomic E-state index is -4.19. The fraction of sp³-hybridized carbons (Fsp3) is 0.306. The molecular formula is C36H41NO3. The van der Waals surface area contributed by atoms with E-state index in [1.165, 1.54) is 0 Å². The van der Waals surface area contributed by atoms with Crippen LogP contribution in [-0.2, 0) is 29.4 Å². The van der Waals surface area contributed by atoms with Crippen molar-refractivity contribution < 1.29 is 33.5 Å². The zero-order chi connectivity index (χ0) is 40.2. The summed E-state index contributed by atoms with van der Waals surface area (Å²) in [4.78, 5) is 14.1. The largest absolute Gasteiger partial charge is 0.489 e. The van der Waals surface area contributed by atoms with Gasteiger partial charge in [0.25, 0.3) is 0 Å². The maximum absolute atomic E-state index is 14.7. The Labute approximate surface area is 259 Å². The molecule has 1 amide bonds. The second-order valence-electron chi connectivity index (χ2n) is 9.22. The van der Waals surface area contributed by atoms with Crippen LogP contribution in [0.1, 0.15) is 86.8 Å². The van der Waals surface area contributed by atoms with E-state index in [0.717, 1.165) is 11.1 Å². The Bertz CT molecular complexity index is 1760. The third kappa shape index (κ3) is 8.06. The SMILES string of the molecule is [2H]C([2H])([2H])C([2H])(N(C(=O)C[C@H](c1ccccc1)c1cc(COCc2ccccc2)ccc1OCc1ccccc1)C([2H])(C([2H])([2H])[2H])C([2H])([2H])[2H])C([2H])([2H])[2H]. The van der Waals surface area contributed by atoms with Gasteiger partial charge >= 0.3 is 0 Å². The standard InChI is InChI=1S/C36H41NO3/c1-27(2)37(28(3)4)36(38)23-33(32-18-12-7-13-19-32)34-22-31(25-39-24-29-14-8-5-9-15-29)20-21-35(34)40-26-30-16-10-6-11-17-30/h5-22,27-28,33H,23-26H2,1-4H3/t33-/m1/s1/i1D3,2D3,3D3,4D3,27D,28D. The Hall–Kier alpha value is -3.89. The summed E-state index contributed by atoms with van der Waals surface area (Å²) in [5, 5.41) is 0. The van der Waals surface area contributed by atoms with Crippen LogP contribution in [0.4, 0.5) is 0 Å². The summed E-state index contributed by atoms with van der Waals surface area (Å²) in [5.41, 5.74) is 3.02. The predicted octanol–water partition coefficient (Wildman–Crippen LogP) is 8.15. The van der Waals surface area contributed by atoms with Gasteiger partial charge < -0.3 is 14.4 Å². The Morgan fingerprint density at radius 2 is 1.27 bits per heavy atom. The lowest BCUT2D eigenvalue weighted by atomic mass is 9.86. The summed E-state index contributed by atoms with van der Waals surface area (Å²) < 4.78 is 127. The first kappa shape index (κ1) is 15.8. The van der Waals surface area contributed by atoms with Gasteiger partial charge in [0.1, 0.15) is 12.4 Å². The van der Waals surface area contributed by atoms with E-state index < -0.39 is 62.6 Å². The van der Waals surface area contributed by atoms with E-state index >= 15 is 0 Å². The number of amides is 1. The van der Waals surface area contributed by atoms with E-state index in [0.29, 0.717) is 16.7 Å². The highest BCUT2D eigenvalue weighted by atomic mass is 16.5. The smallest absolute Gasteiger partial charge is 0.223 e. The number of carbonyl (C=O) groups is 1. The van der Waals surface area contributed by atoms with Gasteiger partial charge in [-0.3, -0.25) is 4.79 Å². The van der Waals surface area contributed by atoms with Gasteiger partial charge in [0.05, 0.1) is 16.0 Å². The van der Waals surface area contributed by atoms with Gasteiger partial charge in [-0.05, 0) is 61.8 Å². The van der Waals surface area contributed by atoms with Crippen LogP contribution in [0, 0.1) is 0 Å². The summed E-state index contributed by atoms with van der Waals surface area (Å²) in [6.45, 7) is -15.6. The van der Waals surface area contributed by atoms with Crippen molar-refractivity contribution in [2.75, 3.05) is 0 Å². The third-order valence-corrected chi connectivity index (χ3v) is 6.34. The Morgan fingerprint density at radius 1 is 0.725 bits per heavy atom. The van der Waals surface area contributed by atoms with Crippen LogP contribution >= 0.6 is 0 Å². The van der Waals surface area contributed by atoms with E-state index in [-0.39, 0.29) is 25.6 Å². The molecule has 1 atom stereocenters. The maximum atomic E-state index is 14.7. The zero-order valence-electron chi connectivity index (χ0n) is 36.0. The maximum Gasteiger partial charge on any atom is 0.223 e. The van der Waals surface area contributed by atoms with Gasteiger partial charge in [0, 0.05) is 46.4 Å². The van der Waals surface area contributed by atoms with Crippen LogP contribution < -0.4 is 4.74 Å². The summed E-state index contributed by atoms with van der Waals surface area (Å²) in [5.74, 6) is -2.60. The molecule has 0 aromatic heterocycles. The monoisotopic (exact) mass is 549 g/mol. The highest BCUT2D eigenvalue weighted by Crippen LogP contribution is 2.37. The Morgan fingerprint density at radius 3 is 1.88 bits per heavy atom. The molecular weight excluding hydrogens is 494 g/mol. The molecule has 0 heterocycles. The number of rotatable bonds is 13. The molecule has 0 aliphatic heterocycles. The molecule has 4 rings (SSSR count). The third-order valence-electron chi connectivity index (χ3n) is 6.34. The first-order valence-electron chi connectivity index (χ1n) is 19.8. The minimum Gasteiger partial charge on any atom is -0.489 e. The molecule has 4 aromatic rings. The van der Waals surface area contributed by atoms with Gasteiger partial charge in [-0.1, -0.05) is 97.1 Å². The molecule has 0 saturated heterocycles. The van der Waals surface area contributed by atoms with E-state index in [4.69, 9.17) is 28.7 Å². The topological polar surface area (TPSA) is 38.8 Å². The highest BCUT2D eigenvalue weighted by molar-refractivity contribution is 5.78. The molecule has 208 valence electrons. The van der Waals surface area contributed by atoms with Crippen molar-refractivity contribution in [2.24, 2.45) is 0 Å². The molecule has 0 radical (unpaired) electrons. The molecule has 0 aliphatic carbocycles. The molecule has 4 heteroatoms. The lowest BCUT2D eigenvalue weighted by Crippen LogP contribution is -2.42. The molecule has 0 fully saturated rings. The molecule has 0 aliphatic rings. The van der Waals surface area contributed by atoms with Gasteiger partial charge in [-0.15, -0.1) is 0 Å². The number of ether oxygens (including phenoxy) is 2. The molecule has 0 saturated carbocycles. The zero-order valence-corrected chi connectivity index (χ0v) is 22.0. The van der Waals surface area contributed by atoms with Gasteiger partial charge in [-0.25, -0.2) is 0 Å². The number of carbonyl (C=O) groups excluding carboxylic acids is 1. The van der Waals surface area contributed by atoms with Crippen LogP contribution in [0.5, 0.6) is 5.75 Å². The molecule has 0 spiro atoms. The Kier molecular flexibility index (Phi) is 5.71. The summed E-state index contributed by atoms with van der Waals surface area (Å²) in [7, 11) is 0. The van der Waals surface area contributed by atoms with Crippen molar-refractivity contribution in [3.8, 4) is 5.75 Å². The Balaban J connectivity index is 1.92. The average molecular weight is 550 g/mol. The van der Waals surface area contributed by atoms with Crippen LogP contribution in [-0.4, -0.2) is 22.8 Å². The van der Waals surface area contributed by atoms with Crippen molar-refractivity contribution in [1.29, 1.82) is 0 Å². The van der Waals surface area contributed by atoms with Gasteiger partial charge in [0.15, 0.2) is 0 Å². The first-order chi connectivity index (χ1) is 25.0. The quantitative estimate of drug-likeness (QED) is 0.169. The fourth-order valence-corrected chi connectivity index (χ4v) is 4.41. The molecule has 4 nitrogen and oxygen atoms in total.